The van der Waals surface area contributed by atoms with Crippen molar-refractivity contribution in [2.75, 3.05) is 26.4 Å². The summed E-state index contributed by atoms with van der Waals surface area (Å²) in [6.45, 7) is 7.97. The smallest absolute Gasteiger partial charge is 0.0700 e. The third kappa shape index (κ3) is 31.9. The number of ether oxygens (including phenoxy) is 2. The van der Waals surface area contributed by atoms with E-state index in [0.29, 0.717) is 0 Å². The van der Waals surface area contributed by atoms with E-state index in [9.17, 15) is 0 Å². The molecule has 0 aromatic carbocycles. The fraction of sp³-hybridized carbons (Fsp3) is 1.00. The van der Waals surface area contributed by atoms with Gasteiger partial charge in [0.1, 0.15) is 0 Å². The van der Waals surface area contributed by atoms with Gasteiger partial charge >= 0.3 is 0 Å². The van der Waals surface area contributed by atoms with Crippen LogP contribution in [0.2, 0.25) is 0 Å². The molecule has 0 amide bonds. The number of hydrogen-bond acceptors (Lipinski definition) is 2. The zero-order valence-corrected chi connectivity index (χ0v) is 23.3. The molecule has 0 saturated heterocycles. The highest BCUT2D eigenvalue weighted by Crippen LogP contribution is 2.13. The molecular formula is C31H64O2. The first-order valence-electron chi connectivity index (χ1n) is 15.6. The van der Waals surface area contributed by atoms with Crippen LogP contribution in [-0.4, -0.2) is 26.4 Å². The molecule has 0 N–H and O–H groups in total. The summed E-state index contributed by atoms with van der Waals surface area (Å²) in [6.07, 6.45) is 35.1. The zero-order chi connectivity index (χ0) is 23.9. The largest absolute Gasteiger partial charge is 0.379 e. The van der Waals surface area contributed by atoms with Gasteiger partial charge in [0, 0.05) is 13.2 Å². The zero-order valence-electron chi connectivity index (χ0n) is 23.3. The highest BCUT2D eigenvalue weighted by Gasteiger charge is 1.96. The molecule has 0 rings (SSSR count). The van der Waals surface area contributed by atoms with Gasteiger partial charge in [0.25, 0.3) is 0 Å². The lowest BCUT2D eigenvalue weighted by Gasteiger charge is -2.06. The fourth-order valence-electron chi connectivity index (χ4n) is 4.59. The summed E-state index contributed by atoms with van der Waals surface area (Å²) in [5.74, 6) is 0. The second-order valence-corrected chi connectivity index (χ2v) is 10.4. The number of unbranched alkanes of at least 4 members (excludes halogenated alkanes) is 23. The first kappa shape index (κ1) is 32.9. The summed E-state index contributed by atoms with van der Waals surface area (Å²) in [7, 11) is 0. The molecule has 0 aromatic heterocycles. The van der Waals surface area contributed by atoms with Crippen LogP contribution >= 0.6 is 0 Å². The predicted molar refractivity (Wildman–Crippen MR) is 148 cm³/mol. The molecule has 0 aliphatic rings. The van der Waals surface area contributed by atoms with E-state index in [1.54, 1.807) is 0 Å². The van der Waals surface area contributed by atoms with Gasteiger partial charge in [-0.1, -0.05) is 162 Å². The van der Waals surface area contributed by atoms with Crippen LogP contribution in [0.15, 0.2) is 0 Å². The maximum atomic E-state index is 5.72. The Morgan fingerprint density at radius 2 is 0.455 bits per heavy atom. The Bertz CT molecular complexity index is 288. The second-order valence-electron chi connectivity index (χ2n) is 10.4. The van der Waals surface area contributed by atoms with Crippen molar-refractivity contribution in [2.45, 2.75) is 174 Å². The van der Waals surface area contributed by atoms with Crippen LogP contribution in [0, 0.1) is 0 Å². The van der Waals surface area contributed by atoms with E-state index in [-0.39, 0.29) is 0 Å². The summed E-state index contributed by atoms with van der Waals surface area (Å²) in [6, 6.07) is 0. The number of rotatable bonds is 30. The molecule has 0 bridgehead atoms. The molecular weight excluding hydrogens is 404 g/mol. The van der Waals surface area contributed by atoms with Gasteiger partial charge in [-0.05, 0) is 12.8 Å². The first-order valence-corrected chi connectivity index (χ1v) is 15.6. The Balaban J connectivity index is 2.99. The van der Waals surface area contributed by atoms with Crippen LogP contribution in [0.1, 0.15) is 174 Å². The molecule has 2 heteroatoms. The van der Waals surface area contributed by atoms with Crippen molar-refractivity contribution in [3.63, 3.8) is 0 Å². The average molecular weight is 469 g/mol. The molecule has 0 radical (unpaired) electrons. The van der Waals surface area contributed by atoms with Crippen molar-refractivity contribution < 1.29 is 9.47 Å². The minimum atomic E-state index is 0.774. The van der Waals surface area contributed by atoms with Crippen molar-refractivity contribution in [1.82, 2.24) is 0 Å². The molecule has 2 nitrogen and oxygen atoms in total. The molecule has 0 atom stereocenters. The lowest BCUT2D eigenvalue weighted by atomic mass is 10.0. The Morgan fingerprint density at radius 1 is 0.242 bits per heavy atom. The second kappa shape index (κ2) is 31.9. The third-order valence-electron chi connectivity index (χ3n) is 6.91. The van der Waals surface area contributed by atoms with Crippen LogP contribution in [0.25, 0.3) is 0 Å². The summed E-state index contributed by atoms with van der Waals surface area (Å²) in [5.41, 5.74) is 0. The Kier molecular flexibility index (Phi) is 31.8. The van der Waals surface area contributed by atoms with Gasteiger partial charge in [0.05, 0.1) is 13.2 Å². The third-order valence-corrected chi connectivity index (χ3v) is 6.91. The van der Waals surface area contributed by atoms with Gasteiger partial charge in [0.15, 0.2) is 0 Å². The Morgan fingerprint density at radius 3 is 0.697 bits per heavy atom. The first-order chi connectivity index (χ1) is 16.4. The summed E-state index contributed by atoms with van der Waals surface area (Å²) >= 11 is 0. The van der Waals surface area contributed by atoms with Crippen LogP contribution in [0.5, 0.6) is 0 Å². The molecule has 0 aliphatic carbocycles. The van der Waals surface area contributed by atoms with Gasteiger partial charge in [-0.15, -0.1) is 0 Å². The van der Waals surface area contributed by atoms with Gasteiger partial charge in [-0.3, -0.25) is 0 Å². The Hall–Kier alpha value is -0.0800. The van der Waals surface area contributed by atoms with Crippen LogP contribution in [0.4, 0.5) is 0 Å². The monoisotopic (exact) mass is 468 g/mol. The van der Waals surface area contributed by atoms with Gasteiger partial charge in [0.2, 0.25) is 0 Å². The lowest BCUT2D eigenvalue weighted by Crippen LogP contribution is -2.06. The maximum Gasteiger partial charge on any atom is 0.0700 e. The highest BCUT2D eigenvalue weighted by molar-refractivity contribution is 4.50. The highest BCUT2D eigenvalue weighted by atomic mass is 16.5. The van der Waals surface area contributed by atoms with E-state index >= 15 is 0 Å². The standard InChI is InChI=1S/C31H64O2/c1-3-5-7-9-11-13-15-16-17-19-21-23-25-27-29-33-31-30-32-28-26-24-22-20-18-14-12-10-8-6-4-2/h3-31H2,1-2H3. The molecule has 0 heterocycles. The molecule has 0 spiro atoms. The summed E-state index contributed by atoms with van der Waals surface area (Å²) < 4.78 is 11.4. The fourth-order valence-corrected chi connectivity index (χ4v) is 4.59. The number of hydrogen-bond donors (Lipinski definition) is 0. The van der Waals surface area contributed by atoms with Crippen LogP contribution in [-0.2, 0) is 9.47 Å². The normalized spacial score (nSPS) is 11.5. The van der Waals surface area contributed by atoms with E-state index in [0.717, 1.165) is 26.4 Å². The lowest BCUT2D eigenvalue weighted by molar-refractivity contribution is 0.0448. The minimum absolute atomic E-state index is 0.774. The summed E-state index contributed by atoms with van der Waals surface area (Å²) in [5, 5.41) is 0. The van der Waals surface area contributed by atoms with E-state index < -0.39 is 0 Å². The molecule has 200 valence electrons. The van der Waals surface area contributed by atoms with Crippen molar-refractivity contribution in [2.24, 2.45) is 0 Å². The quantitative estimate of drug-likeness (QED) is 0.0975. The minimum Gasteiger partial charge on any atom is -0.379 e. The molecule has 0 aromatic rings. The van der Waals surface area contributed by atoms with Crippen LogP contribution < -0.4 is 0 Å². The maximum absolute atomic E-state index is 5.72. The van der Waals surface area contributed by atoms with E-state index in [4.69, 9.17) is 9.47 Å². The molecule has 0 aliphatic heterocycles. The van der Waals surface area contributed by atoms with Gasteiger partial charge < -0.3 is 9.47 Å². The molecule has 33 heavy (non-hydrogen) atoms. The van der Waals surface area contributed by atoms with Crippen LogP contribution in [0.3, 0.4) is 0 Å². The van der Waals surface area contributed by atoms with Crippen molar-refractivity contribution >= 4 is 0 Å². The van der Waals surface area contributed by atoms with Gasteiger partial charge in [-0.25, -0.2) is 0 Å². The average Bonchev–Trinajstić information content (AvgIpc) is 2.83. The van der Waals surface area contributed by atoms with E-state index in [1.807, 2.05) is 0 Å². The molecule has 0 fully saturated rings. The topological polar surface area (TPSA) is 18.5 Å². The van der Waals surface area contributed by atoms with Crippen molar-refractivity contribution in [3.8, 4) is 0 Å². The van der Waals surface area contributed by atoms with E-state index in [1.165, 1.54) is 161 Å². The summed E-state index contributed by atoms with van der Waals surface area (Å²) in [4.78, 5) is 0. The van der Waals surface area contributed by atoms with Crippen molar-refractivity contribution in [1.29, 1.82) is 0 Å². The van der Waals surface area contributed by atoms with Gasteiger partial charge in [-0.2, -0.15) is 0 Å². The van der Waals surface area contributed by atoms with Crippen molar-refractivity contribution in [3.05, 3.63) is 0 Å². The SMILES string of the molecule is CCCCCCCCCCCCCCCCOCCOCCCCCCCCCCCCC. The molecule has 0 saturated carbocycles. The van der Waals surface area contributed by atoms with E-state index in [2.05, 4.69) is 13.8 Å². The molecule has 0 unspecified atom stereocenters. The predicted octanol–water partition coefficient (Wildman–Crippen LogP) is 10.8. The Labute approximate surface area is 210 Å².